The molecule has 0 aromatic carbocycles. The summed E-state index contributed by atoms with van der Waals surface area (Å²) >= 11 is 0. The molecule has 0 amide bonds. The highest BCUT2D eigenvalue weighted by Gasteiger charge is 2.16. The van der Waals surface area contributed by atoms with Gasteiger partial charge in [-0.25, -0.2) is 4.98 Å². The SMILES string of the molecule is O=c1[nH]c(-c2ccncc2)nc2c1COCC2. The number of fused-ring (bicyclic) bond motifs is 1. The van der Waals surface area contributed by atoms with Crippen molar-refractivity contribution in [3.8, 4) is 11.4 Å². The molecule has 1 aliphatic heterocycles. The van der Waals surface area contributed by atoms with E-state index in [2.05, 4.69) is 15.0 Å². The zero-order chi connectivity index (χ0) is 11.7. The van der Waals surface area contributed by atoms with Gasteiger partial charge in [0.2, 0.25) is 0 Å². The van der Waals surface area contributed by atoms with Gasteiger partial charge in [0.05, 0.1) is 24.5 Å². The summed E-state index contributed by atoms with van der Waals surface area (Å²) in [6.07, 6.45) is 4.05. The van der Waals surface area contributed by atoms with Crippen LogP contribution in [0.25, 0.3) is 11.4 Å². The molecule has 2 aromatic rings. The maximum Gasteiger partial charge on any atom is 0.256 e. The van der Waals surface area contributed by atoms with Gasteiger partial charge in [-0.3, -0.25) is 9.78 Å². The largest absolute Gasteiger partial charge is 0.376 e. The second-order valence-corrected chi connectivity index (χ2v) is 3.88. The van der Waals surface area contributed by atoms with Gasteiger partial charge in [0.15, 0.2) is 0 Å². The Balaban J connectivity index is 2.14. The second-order valence-electron chi connectivity index (χ2n) is 3.88. The summed E-state index contributed by atoms with van der Waals surface area (Å²) in [5.74, 6) is 0.595. The molecule has 1 N–H and O–H groups in total. The van der Waals surface area contributed by atoms with Crippen LogP contribution < -0.4 is 5.56 Å². The Kier molecular flexibility index (Phi) is 2.45. The van der Waals surface area contributed by atoms with Crippen LogP contribution >= 0.6 is 0 Å². The van der Waals surface area contributed by atoms with E-state index < -0.39 is 0 Å². The van der Waals surface area contributed by atoms with Gasteiger partial charge in [-0.05, 0) is 12.1 Å². The van der Waals surface area contributed by atoms with Crippen LogP contribution in [-0.2, 0) is 17.8 Å². The first-order valence-electron chi connectivity index (χ1n) is 5.45. The van der Waals surface area contributed by atoms with Crippen LogP contribution in [-0.4, -0.2) is 21.6 Å². The topological polar surface area (TPSA) is 67.9 Å². The zero-order valence-corrected chi connectivity index (χ0v) is 9.14. The molecule has 0 unspecified atom stereocenters. The van der Waals surface area contributed by atoms with Gasteiger partial charge in [-0.2, -0.15) is 0 Å². The molecule has 5 heteroatoms. The molecule has 86 valence electrons. The van der Waals surface area contributed by atoms with E-state index in [-0.39, 0.29) is 5.56 Å². The standard InChI is InChI=1S/C12H11N3O2/c16-12-9-7-17-6-3-10(9)14-11(15-12)8-1-4-13-5-2-8/h1-2,4-5H,3,6-7H2,(H,14,15,16). The minimum absolute atomic E-state index is 0.110. The normalized spacial score (nSPS) is 14.4. The van der Waals surface area contributed by atoms with E-state index in [1.54, 1.807) is 12.4 Å². The highest BCUT2D eigenvalue weighted by Crippen LogP contribution is 2.16. The lowest BCUT2D eigenvalue weighted by Gasteiger charge is -2.15. The number of hydrogen-bond acceptors (Lipinski definition) is 4. The van der Waals surface area contributed by atoms with Crippen molar-refractivity contribution in [2.75, 3.05) is 6.61 Å². The number of rotatable bonds is 1. The maximum atomic E-state index is 11.9. The van der Waals surface area contributed by atoms with Gasteiger partial charge in [0, 0.05) is 24.4 Å². The van der Waals surface area contributed by atoms with Crippen molar-refractivity contribution < 1.29 is 4.74 Å². The lowest BCUT2D eigenvalue weighted by molar-refractivity contribution is 0.108. The summed E-state index contributed by atoms with van der Waals surface area (Å²) in [4.78, 5) is 23.1. The molecule has 2 aromatic heterocycles. The fraction of sp³-hybridized carbons (Fsp3) is 0.250. The number of pyridine rings is 1. The highest BCUT2D eigenvalue weighted by atomic mass is 16.5. The van der Waals surface area contributed by atoms with E-state index in [0.717, 1.165) is 11.3 Å². The molecule has 5 nitrogen and oxygen atoms in total. The summed E-state index contributed by atoms with van der Waals surface area (Å²) in [6, 6.07) is 3.65. The first kappa shape index (κ1) is 10.2. The Morgan fingerprint density at radius 3 is 2.94 bits per heavy atom. The van der Waals surface area contributed by atoms with Crippen molar-refractivity contribution in [3.05, 3.63) is 46.1 Å². The average Bonchev–Trinajstić information content (AvgIpc) is 2.40. The fourth-order valence-corrected chi connectivity index (χ4v) is 1.89. The van der Waals surface area contributed by atoms with Crippen LogP contribution in [0.15, 0.2) is 29.3 Å². The Morgan fingerprint density at radius 1 is 1.29 bits per heavy atom. The predicted molar refractivity (Wildman–Crippen MR) is 61.4 cm³/mol. The third-order valence-corrected chi connectivity index (χ3v) is 2.78. The number of H-pyrrole nitrogens is 1. The summed E-state index contributed by atoms with van der Waals surface area (Å²) < 4.78 is 5.25. The predicted octanol–water partition coefficient (Wildman–Crippen LogP) is 0.905. The van der Waals surface area contributed by atoms with Crippen LogP contribution in [0.1, 0.15) is 11.3 Å². The van der Waals surface area contributed by atoms with Crippen LogP contribution in [0.4, 0.5) is 0 Å². The van der Waals surface area contributed by atoms with Gasteiger partial charge in [-0.15, -0.1) is 0 Å². The number of aromatic nitrogens is 3. The number of nitrogens with zero attached hydrogens (tertiary/aromatic N) is 2. The number of nitrogens with one attached hydrogen (secondary N) is 1. The van der Waals surface area contributed by atoms with Gasteiger partial charge in [0.1, 0.15) is 5.82 Å². The third-order valence-electron chi connectivity index (χ3n) is 2.78. The number of hydrogen-bond donors (Lipinski definition) is 1. The zero-order valence-electron chi connectivity index (χ0n) is 9.14. The van der Waals surface area contributed by atoms with Gasteiger partial charge < -0.3 is 9.72 Å². The van der Waals surface area contributed by atoms with Crippen LogP contribution in [0.5, 0.6) is 0 Å². The lowest BCUT2D eigenvalue weighted by Crippen LogP contribution is -2.24. The van der Waals surface area contributed by atoms with Crippen molar-refractivity contribution in [1.29, 1.82) is 0 Å². The molecule has 0 saturated heterocycles. The first-order valence-corrected chi connectivity index (χ1v) is 5.45. The summed E-state index contributed by atoms with van der Waals surface area (Å²) in [6.45, 7) is 0.980. The number of ether oxygens (including phenoxy) is 1. The van der Waals surface area contributed by atoms with E-state index in [9.17, 15) is 4.79 Å². The van der Waals surface area contributed by atoms with Gasteiger partial charge >= 0.3 is 0 Å². The second kappa shape index (κ2) is 4.10. The van der Waals surface area contributed by atoms with Crippen molar-refractivity contribution >= 4 is 0 Å². The van der Waals surface area contributed by atoms with Crippen LogP contribution in [0.2, 0.25) is 0 Å². The van der Waals surface area contributed by atoms with Gasteiger partial charge in [0.25, 0.3) is 5.56 Å². The Morgan fingerprint density at radius 2 is 2.12 bits per heavy atom. The molecule has 1 aliphatic rings. The molecule has 17 heavy (non-hydrogen) atoms. The molecule has 0 radical (unpaired) electrons. The maximum absolute atomic E-state index is 11.9. The Labute approximate surface area is 97.5 Å². The van der Waals surface area contributed by atoms with Crippen molar-refractivity contribution in [1.82, 2.24) is 15.0 Å². The van der Waals surface area contributed by atoms with E-state index in [0.29, 0.717) is 31.0 Å². The molecule has 0 fully saturated rings. The Hall–Kier alpha value is -2.01. The molecule has 0 atom stereocenters. The minimum Gasteiger partial charge on any atom is -0.376 e. The van der Waals surface area contributed by atoms with Crippen molar-refractivity contribution in [2.24, 2.45) is 0 Å². The highest BCUT2D eigenvalue weighted by molar-refractivity contribution is 5.53. The molecule has 0 aliphatic carbocycles. The smallest absolute Gasteiger partial charge is 0.256 e. The molecule has 0 bridgehead atoms. The monoisotopic (exact) mass is 229 g/mol. The molecular weight excluding hydrogens is 218 g/mol. The van der Waals surface area contributed by atoms with Crippen molar-refractivity contribution in [2.45, 2.75) is 13.0 Å². The van der Waals surface area contributed by atoms with E-state index >= 15 is 0 Å². The first-order chi connectivity index (χ1) is 8.34. The molecule has 3 heterocycles. The van der Waals surface area contributed by atoms with Gasteiger partial charge in [-0.1, -0.05) is 0 Å². The van der Waals surface area contributed by atoms with Crippen molar-refractivity contribution in [3.63, 3.8) is 0 Å². The third kappa shape index (κ3) is 1.85. The quantitative estimate of drug-likeness (QED) is 0.789. The summed E-state index contributed by atoms with van der Waals surface area (Å²) in [7, 11) is 0. The van der Waals surface area contributed by atoms with Crippen LogP contribution in [0, 0.1) is 0 Å². The molecule has 3 rings (SSSR count). The van der Waals surface area contributed by atoms with E-state index in [4.69, 9.17) is 4.74 Å². The van der Waals surface area contributed by atoms with Crippen LogP contribution in [0.3, 0.4) is 0 Å². The molecular formula is C12H11N3O2. The summed E-state index contributed by atoms with van der Waals surface area (Å²) in [5.41, 5.74) is 2.24. The molecule has 0 saturated carbocycles. The van der Waals surface area contributed by atoms with E-state index in [1.165, 1.54) is 0 Å². The molecule has 0 spiro atoms. The lowest BCUT2D eigenvalue weighted by atomic mass is 10.1. The number of aromatic amines is 1. The Bertz CT molecular complexity index is 592. The minimum atomic E-state index is -0.110. The van der Waals surface area contributed by atoms with E-state index in [1.807, 2.05) is 12.1 Å². The summed E-state index contributed by atoms with van der Waals surface area (Å²) in [5, 5.41) is 0. The fourth-order valence-electron chi connectivity index (χ4n) is 1.89. The average molecular weight is 229 g/mol.